The molecule has 0 saturated carbocycles. The van der Waals surface area contributed by atoms with Crippen LogP contribution in [0.3, 0.4) is 0 Å². The van der Waals surface area contributed by atoms with E-state index in [1.807, 2.05) is 18.2 Å². The van der Waals surface area contributed by atoms with E-state index in [0.29, 0.717) is 12.6 Å². The number of aliphatic imine (C=N–C) groups is 1. The molecule has 1 saturated heterocycles. The highest BCUT2D eigenvalue weighted by atomic mass is 16.2. The van der Waals surface area contributed by atoms with E-state index in [2.05, 4.69) is 41.1 Å². The van der Waals surface area contributed by atoms with Crippen molar-refractivity contribution in [2.24, 2.45) is 4.99 Å². The molecule has 144 valence electrons. The van der Waals surface area contributed by atoms with Crippen LogP contribution in [-0.4, -0.2) is 79.4 Å². The number of carbonyl (C=O) groups excluding carboxylic acids is 1. The van der Waals surface area contributed by atoms with Crippen LogP contribution >= 0.6 is 0 Å². The van der Waals surface area contributed by atoms with Crippen LogP contribution in [0, 0.1) is 0 Å². The van der Waals surface area contributed by atoms with E-state index in [4.69, 9.17) is 4.99 Å². The minimum atomic E-state index is 0.0527. The summed E-state index contributed by atoms with van der Waals surface area (Å²) < 4.78 is 0. The Morgan fingerprint density at radius 2 is 1.92 bits per heavy atom. The summed E-state index contributed by atoms with van der Waals surface area (Å²) in [5.41, 5.74) is 1.17. The van der Waals surface area contributed by atoms with Gasteiger partial charge >= 0.3 is 0 Å². The first-order chi connectivity index (χ1) is 12.5. The zero-order valence-electron chi connectivity index (χ0n) is 16.6. The van der Waals surface area contributed by atoms with Crippen LogP contribution in [0.1, 0.15) is 25.8 Å². The third-order valence-corrected chi connectivity index (χ3v) is 4.94. The standard InChI is InChI=1S/C20H33N5O/c1-5-24(6-2)18-12-13-25(16-18)20(22-15-19(26)23(3)4)21-14-17-10-8-7-9-11-17/h7-11,18H,5-6,12-16H2,1-4H3,(H,21,22). The smallest absolute Gasteiger partial charge is 0.241 e. The first kappa shape index (κ1) is 20.2. The summed E-state index contributed by atoms with van der Waals surface area (Å²) >= 11 is 0. The summed E-state index contributed by atoms with van der Waals surface area (Å²) in [4.78, 5) is 23.2. The minimum absolute atomic E-state index is 0.0527. The zero-order chi connectivity index (χ0) is 18.9. The predicted molar refractivity (Wildman–Crippen MR) is 107 cm³/mol. The Kier molecular flexibility index (Phi) is 7.91. The molecule has 0 spiro atoms. The molecule has 1 atom stereocenters. The summed E-state index contributed by atoms with van der Waals surface area (Å²) in [6, 6.07) is 10.8. The number of likely N-dealkylation sites (N-methyl/N-ethyl adjacent to an activating group) is 2. The lowest BCUT2D eigenvalue weighted by molar-refractivity contribution is -0.127. The van der Waals surface area contributed by atoms with Gasteiger partial charge in [0.15, 0.2) is 5.96 Å². The van der Waals surface area contributed by atoms with E-state index in [1.165, 1.54) is 5.56 Å². The maximum absolute atomic E-state index is 12.0. The molecular weight excluding hydrogens is 326 g/mol. The first-order valence-corrected chi connectivity index (χ1v) is 9.56. The van der Waals surface area contributed by atoms with Crippen LogP contribution in [0.5, 0.6) is 0 Å². The van der Waals surface area contributed by atoms with Gasteiger partial charge in [-0.1, -0.05) is 44.2 Å². The van der Waals surface area contributed by atoms with Crippen LogP contribution in [0.2, 0.25) is 0 Å². The van der Waals surface area contributed by atoms with Gasteiger partial charge < -0.3 is 15.1 Å². The van der Waals surface area contributed by atoms with Gasteiger partial charge in [0, 0.05) is 33.2 Å². The van der Waals surface area contributed by atoms with Crippen molar-refractivity contribution in [2.75, 3.05) is 46.8 Å². The fourth-order valence-corrected chi connectivity index (χ4v) is 3.30. The summed E-state index contributed by atoms with van der Waals surface area (Å²) in [5.74, 6) is 0.885. The second-order valence-electron chi connectivity index (χ2n) is 6.88. The van der Waals surface area contributed by atoms with Gasteiger partial charge in [-0.25, -0.2) is 4.99 Å². The van der Waals surface area contributed by atoms with Gasteiger partial charge in [-0.3, -0.25) is 9.69 Å². The van der Waals surface area contributed by atoms with Crippen molar-refractivity contribution in [3.63, 3.8) is 0 Å². The Balaban J connectivity index is 2.06. The molecular formula is C20H33N5O. The Morgan fingerprint density at radius 1 is 1.23 bits per heavy atom. The molecule has 1 amide bonds. The Hall–Kier alpha value is -2.08. The van der Waals surface area contributed by atoms with Gasteiger partial charge in [-0.05, 0) is 25.1 Å². The molecule has 1 aliphatic heterocycles. The lowest BCUT2D eigenvalue weighted by Gasteiger charge is -2.27. The summed E-state index contributed by atoms with van der Waals surface area (Å²) in [6.07, 6.45) is 1.13. The van der Waals surface area contributed by atoms with Crippen molar-refractivity contribution in [1.82, 2.24) is 20.0 Å². The summed E-state index contributed by atoms with van der Waals surface area (Å²) in [6.45, 7) is 9.38. The van der Waals surface area contributed by atoms with E-state index in [9.17, 15) is 4.79 Å². The molecule has 1 aromatic carbocycles. The average molecular weight is 360 g/mol. The predicted octanol–water partition coefficient (Wildman–Crippen LogP) is 1.64. The van der Waals surface area contributed by atoms with E-state index in [1.54, 1.807) is 19.0 Å². The van der Waals surface area contributed by atoms with Crippen LogP contribution < -0.4 is 5.32 Å². The molecule has 0 bridgehead atoms. The highest BCUT2D eigenvalue weighted by molar-refractivity contribution is 5.86. The lowest BCUT2D eigenvalue weighted by Crippen LogP contribution is -2.46. The number of nitrogens with zero attached hydrogens (tertiary/aromatic N) is 4. The number of likely N-dealkylation sites (tertiary alicyclic amines) is 1. The lowest BCUT2D eigenvalue weighted by atomic mass is 10.2. The topological polar surface area (TPSA) is 51.2 Å². The summed E-state index contributed by atoms with van der Waals surface area (Å²) in [7, 11) is 3.55. The average Bonchev–Trinajstić information content (AvgIpc) is 3.13. The molecule has 0 radical (unpaired) electrons. The fraction of sp³-hybridized carbons (Fsp3) is 0.600. The van der Waals surface area contributed by atoms with Crippen LogP contribution in [-0.2, 0) is 11.3 Å². The highest BCUT2D eigenvalue weighted by Gasteiger charge is 2.28. The molecule has 1 N–H and O–H groups in total. The van der Waals surface area contributed by atoms with Crippen molar-refractivity contribution in [3.8, 4) is 0 Å². The molecule has 0 aromatic heterocycles. The number of benzene rings is 1. The van der Waals surface area contributed by atoms with Crippen LogP contribution in [0.4, 0.5) is 0 Å². The number of hydrogen-bond acceptors (Lipinski definition) is 3. The first-order valence-electron chi connectivity index (χ1n) is 9.56. The normalized spacial score (nSPS) is 17.7. The molecule has 1 aliphatic rings. The van der Waals surface area contributed by atoms with Crippen molar-refractivity contribution in [2.45, 2.75) is 32.9 Å². The monoisotopic (exact) mass is 359 g/mol. The Bertz CT molecular complexity index is 583. The number of guanidine groups is 1. The van der Waals surface area contributed by atoms with Crippen LogP contribution in [0.15, 0.2) is 35.3 Å². The molecule has 6 nitrogen and oxygen atoms in total. The van der Waals surface area contributed by atoms with E-state index >= 15 is 0 Å². The maximum atomic E-state index is 12.0. The highest BCUT2D eigenvalue weighted by Crippen LogP contribution is 2.16. The van der Waals surface area contributed by atoms with Gasteiger partial charge in [0.1, 0.15) is 0 Å². The number of amides is 1. The van der Waals surface area contributed by atoms with Gasteiger partial charge in [-0.2, -0.15) is 0 Å². The van der Waals surface area contributed by atoms with Crippen molar-refractivity contribution in [1.29, 1.82) is 0 Å². The molecule has 0 aliphatic carbocycles. The minimum Gasteiger partial charge on any atom is -0.347 e. The van der Waals surface area contributed by atoms with E-state index < -0.39 is 0 Å². The molecule has 26 heavy (non-hydrogen) atoms. The summed E-state index contributed by atoms with van der Waals surface area (Å²) in [5, 5.41) is 3.27. The number of rotatable bonds is 7. The van der Waals surface area contributed by atoms with E-state index in [0.717, 1.165) is 38.6 Å². The van der Waals surface area contributed by atoms with Gasteiger partial charge in [0.05, 0.1) is 13.1 Å². The Labute approximate surface area is 157 Å². The third kappa shape index (κ3) is 5.73. The van der Waals surface area contributed by atoms with Crippen LogP contribution in [0.25, 0.3) is 0 Å². The van der Waals surface area contributed by atoms with Crippen molar-refractivity contribution >= 4 is 11.9 Å². The largest absolute Gasteiger partial charge is 0.347 e. The molecule has 1 fully saturated rings. The molecule has 1 unspecified atom stereocenters. The maximum Gasteiger partial charge on any atom is 0.241 e. The SMILES string of the molecule is CCN(CC)C1CCN(C(=NCc2ccccc2)NCC(=O)N(C)C)C1. The van der Waals surface area contributed by atoms with Gasteiger partial charge in [0.2, 0.25) is 5.91 Å². The Morgan fingerprint density at radius 3 is 2.54 bits per heavy atom. The van der Waals surface area contributed by atoms with Crippen molar-refractivity contribution < 1.29 is 4.79 Å². The van der Waals surface area contributed by atoms with Gasteiger partial charge in [0.25, 0.3) is 0 Å². The van der Waals surface area contributed by atoms with Crippen molar-refractivity contribution in [3.05, 3.63) is 35.9 Å². The third-order valence-electron chi connectivity index (χ3n) is 4.94. The zero-order valence-corrected chi connectivity index (χ0v) is 16.6. The fourth-order valence-electron chi connectivity index (χ4n) is 3.30. The van der Waals surface area contributed by atoms with E-state index in [-0.39, 0.29) is 12.5 Å². The quantitative estimate of drug-likeness (QED) is 0.594. The molecule has 1 heterocycles. The molecule has 1 aromatic rings. The number of nitrogens with one attached hydrogen (secondary N) is 1. The number of hydrogen-bond donors (Lipinski definition) is 1. The molecule has 2 rings (SSSR count). The molecule has 6 heteroatoms. The van der Waals surface area contributed by atoms with Gasteiger partial charge in [-0.15, -0.1) is 0 Å². The number of carbonyl (C=O) groups is 1. The second-order valence-corrected chi connectivity index (χ2v) is 6.88. The second kappa shape index (κ2) is 10.2.